The Hall–Kier alpha value is -0.570. The van der Waals surface area contributed by atoms with E-state index in [9.17, 15) is 4.79 Å². The largest absolute Gasteiger partial charge is 0.353 e. The Morgan fingerprint density at radius 1 is 1.39 bits per heavy atom. The van der Waals surface area contributed by atoms with Crippen molar-refractivity contribution in [1.82, 2.24) is 10.6 Å². The van der Waals surface area contributed by atoms with Crippen LogP contribution in [-0.4, -0.2) is 25.0 Å². The van der Waals surface area contributed by atoms with Crippen molar-refractivity contribution in [1.29, 1.82) is 0 Å². The molecule has 0 aromatic heterocycles. The molecule has 0 aromatic rings. The van der Waals surface area contributed by atoms with Crippen molar-refractivity contribution in [3.05, 3.63) is 0 Å². The number of amides is 1. The first-order chi connectivity index (χ1) is 8.68. The van der Waals surface area contributed by atoms with Crippen LogP contribution < -0.4 is 10.6 Å². The van der Waals surface area contributed by atoms with Crippen LogP contribution in [0.15, 0.2) is 0 Å². The van der Waals surface area contributed by atoms with Crippen LogP contribution in [0.2, 0.25) is 0 Å². The zero-order valence-electron chi connectivity index (χ0n) is 11.9. The van der Waals surface area contributed by atoms with Crippen molar-refractivity contribution >= 4 is 5.91 Å². The third-order valence-corrected chi connectivity index (χ3v) is 5.12. The summed E-state index contributed by atoms with van der Waals surface area (Å²) < 4.78 is 0. The molecular weight excluding hydrogens is 224 g/mol. The van der Waals surface area contributed by atoms with Crippen LogP contribution in [0, 0.1) is 11.3 Å². The van der Waals surface area contributed by atoms with E-state index in [0.717, 1.165) is 25.9 Å². The van der Waals surface area contributed by atoms with Crippen molar-refractivity contribution < 1.29 is 4.79 Å². The molecule has 1 saturated carbocycles. The normalized spacial score (nSPS) is 31.2. The zero-order valence-corrected chi connectivity index (χ0v) is 11.9. The molecule has 3 heteroatoms. The number of carbonyl (C=O) groups is 1. The molecule has 0 spiro atoms. The Kier molecular flexibility index (Phi) is 4.66. The molecule has 104 valence electrons. The smallest absolute Gasteiger partial charge is 0.227 e. The van der Waals surface area contributed by atoms with Gasteiger partial charge in [-0.3, -0.25) is 4.79 Å². The molecule has 1 aliphatic carbocycles. The molecule has 0 bridgehead atoms. The average Bonchev–Trinajstić information content (AvgIpc) is 2.89. The summed E-state index contributed by atoms with van der Waals surface area (Å²) in [6, 6.07) is 0.349. The molecular formula is C15H28N2O. The SMILES string of the molecule is CCC1(C(=O)N[C@@H](C)C2CCCCC2)CCNC1. The lowest BCUT2D eigenvalue weighted by Gasteiger charge is -2.32. The molecule has 2 aliphatic rings. The second-order valence-corrected chi connectivity index (χ2v) is 6.22. The molecule has 1 aliphatic heterocycles. The lowest BCUT2D eigenvalue weighted by atomic mass is 9.81. The third-order valence-electron chi connectivity index (χ3n) is 5.12. The van der Waals surface area contributed by atoms with E-state index in [4.69, 9.17) is 0 Å². The van der Waals surface area contributed by atoms with Gasteiger partial charge in [0.2, 0.25) is 5.91 Å². The molecule has 2 N–H and O–H groups in total. The Labute approximate surface area is 111 Å². The van der Waals surface area contributed by atoms with Crippen LogP contribution in [0.1, 0.15) is 58.8 Å². The van der Waals surface area contributed by atoms with Gasteiger partial charge in [0.25, 0.3) is 0 Å². The van der Waals surface area contributed by atoms with Crippen molar-refractivity contribution in [2.45, 2.75) is 64.8 Å². The minimum absolute atomic E-state index is 0.136. The number of hydrogen-bond acceptors (Lipinski definition) is 2. The minimum Gasteiger partial charge on any atom is -0.353 e. The van der Waals surface area contributed by atoms with Gasteiger partial charge in [0.15, 0.2) is 0 Å². The number of rotatable bonds is 4. The van der Waals surface area contributed by atoms with E-state index in [2.05, 4.69) is 24.5 Å². The van der Waals surface area contributed by atoms with Gasteiger partial charge in [0.05, 0.1) is 5.41 Å². The summed E-state index contributed by atoms with van der Waals surface area (Å²) in [7, 11) is 0. The maximum atomic E-state index is 12.5. The molecule has 0 aromatic carbocycles. The Bertz CT molecular complexity index is 278. The first-order valence-electron chi connectivity index (χ1n) is 7.69. The van der Waals surface area contributed by atoms with Gasteiger partial charge in [-0.1, -0.05) is 26.2 Å². The summed E-state index contributed by atoms with van der Waals surface area (Å²) in [6.07, 6.45) is 8.57. The molecule has 1 unspecified atom stereocenters. The second kappa shape index (κ2) is 6.05. The molecule has 2 fully saturated rings. The van der Waals surface area contributed by atoms with Crippen LogP contribution in [0.4, 0.5) is 0 Å². The summed E-state index contributed by atoms with van der Waals surface area (Å²) in [6.45, 7) is 6.17. The average molecular weight is 252 g/mol. The molecule has 3 nitrogen and oxygen atoms in total. The fourth-order valence-corrected chi connectivity index (χ4v) is 3.51. The van der Waals surface area contributed by atoms with Gasteiger partial charge in [-0.15, -0.1) is 0 Å². The first-order valence-corrected chi connectivity index (χ1v) is 7.69. The van der Waals surface area contributed by atoms with Crippen LogP contribution >= 0.6 is 0 Å². The molecule has 0 radical (unpaired) electrons. The Morgan fingerprint density at radius 2 is 2.11 bits per heavy atom. The van der Waals surface area contributed by atoms with Crippen LogP contribution in [0.3, 0.4) is 0 Å². The van der Waals surface area contributed by atoms with E-state index in [1.54, 1.807) is 0 Å². The van der Waals surface area contributed by atoms with Gasteiger partial charge in [-0.05, 0) is 45.1 Å². The van der Waals surface area contributed by atoms with E-state index in [1.807, 2.05) is 0 Å². The quantitative estimate of drug-likeness (QED) is 0.807. The van der Waals surface area contributed by atoms with Gasteiger partial charge in [0.1, 0.15) is 0 Å². The molecule has 1 saturated heterocycles. The van der Waals surface area contributed by atoms with Crippen molar-refractivity contribution in [3.63, 3.8) is 0 Å². The first kappa shape index (κ1) is 13.9. The number of nitrogens with one attached hydrogen (secondary N) is 2. The van der Waals surface area contributed by atoms with Crippen molar-refractivity contribution in [2.24, 2.45) is 11.3 Å². The predicted octanol–water partition coefficient (Wildman–Crippen LogP) is 2.46. The zero-order chi connectivity index (χ0) is 13.0. The molecule has 1 amide bonds. The van der Waals surface area contributed by atoms with Crippen LogP contribution in [0.5, 0.6) is 0 Å². The highest BCUT2D eigenvalue weighted by molar-refractivity contribution is 5.83. The molecule has 18 heavy (non-hydrogen) atoms. The van der Waals surface area contributed by atoms with E-state index >= 15 is 0 Å². The minimum atomic E-state index is -0.136. The molecule has 2 atom stereocenters. The lowest BCUT2D eigenvalue weighted by Crippen LogP contribution is -2.48. The highest BCUT2D eigenvalue weighted by atomic mass is 16.2. The third kappa shape index (κ3) is 2.87. The summed E-state index contributed by atoms with van der Waals surface area (Å²) in [5.74, 6) is 0.985. The van der Waals surface area contributed by atoms with Gasteiger partial charge in [0, 0.05) is 12.6 Å². The maximum Gasteiger partial charge on any atom is 0.227 e. The van der Waals surface area contributed by atoms with Gasteiger partial charge >= 0.3 is 0 Å². The lowest BCUT2D eigenvalue weighted by molar-refractivity contribution is -0.131. The predicted molar refractivity (Wildman–Crippen MR) is 74.4 cm³/mol. The maximum absolute atomic E-state index is 12.5. The summed E-state index contributed by atoms with van der Waals surface area (Å²) in [5.41, 5.74) is -0.136. The molecule has 2 rings (SSSR count). The van der Waals surface area contributed by atoms with E-state index in [1.165, 1.54) is 32.1 Å². The van der Waals surface area contributed by atoms with Crippen molar-refractivity contribution in [3.8, 4) is 0 Å². The monoisotopic (exact) mass is 252 g/mol. The van der Waals surface area contributed by atoms with E-state index in [0.29, 0.717) is 12.0 Å². The summed E-state index contributed by atoms with van der Waals surface area (Å²) in [5, 5.41) is 6.64. The summed E-state index contributed by atoms with van der Waals surface area (Å²) in [4.78, 5) is 12.5. The van der Waals surface area contributed by atoms with Crippen LogP contribution in [-0.2, 0) is 4.79 Å². The fraction of sp³-hybridized carbons (Fsp3) is 0.933. The van der Waals surface area contributed by atoms with E-state index in [-0.39, 0.29) is 11.3 Å². The Balaban J connectivity index is 1.89. The van der Waals surface area contributed by atoms with Crippen LogP contribution in [0.25, 0.3) is 0 Å². The van der Waals surface area contributed by atoms with Gasteiger partial charge in [-0.2, -0.15) is 0 Å². The standard InChI is InChI=1S/C15H28N2O/c1-3-15(9-10-16-11-15)14(18)17-12(2)13-7-5-4-6-8-13/h12-13,16H,3-11H2,1-2H3,(H,17,18)/t12-,15?/m0/s1. The second-order valence-electron chi connectivity index (χ2n) is 6.22. The highest BCUT2D eigenvalue weighted by Gasteiger charge is 2.40. The van der Waals surface area contributed by atoms with Crippen molar-refractivity contribution in [2.75, 3.05) is 13.1 Å². The fourth-order valence-electron chi connectivity index (χ4n) is 3.51. The summed E-state index contributed by atoms with van der Waals surface area (Å²) >= 11 is 0. The van der Waals surface area contributed by atoms with Gasteiger partial charge < -0.3 is 10.6 Å². The van der Waals surface area contributed by atoms with E-state index < -0.39 is 0 Å². The number of hydrogen-bond donors (Lipinski definition) is 2. The Morgan fingerprint density at radius 3 is 2.67 bits per heavy atom. The molecule has 1 heterocycles. The number of carbonyl (C=O) groups excluding carboxylic acids is 1. The topological polar surface area (TPSA) is 41.1 Å². The highest BCUT2D eigenvalue weighted by Crippen LogP contribution is 2.31. The van der Waals surface area contributed by atoms with Gasteiger partial charge in [-0.25, -0.2) is 0 Å².